The molecule has 0 amide bonds. The monoisotopic (exact) mass is 501 g/mol. The quantitative estimate of drug-likeness (QED) is 0.130. The third-order valence-corrected chi connectivity index (χ3v) is 7.00. The molecule has 1 aliphatic rings. The molecular weight excluding hydrogens is 477 g/mol. The summed E-state index contributed by atoms with van der Waals surface area (Å²) >= 11 is 1.61. The fourth-order valence-corrected chi connectivity index (χ4v) is 5.21. The van der Waals surface area contributed by atoms with E-state index in [0.29, 0.717) is 17.2 Å². The summed E-state index contributed by atoms with van der Waals surface area (Å²) in [7, 11) is 0. The van der Waals surface area contributed by atoms with E-state index in [-0.39, 0.29) is 24.2 Å². The van der Waals surface area contributed by atoms with Crippen LogP contribution < -0.4 is 10.2 Å². The highest BCUT2D eigenvalue weighted by Gasteiger charge is 2.30. The van der Waals surface area contributed by atoms with Crippen molar-refractivity contribution in [1.29, 1.82) is 5.26 Å². The Morgan fingerprint density at radius 3 is 2.97 bits per heavy atom. The Balaban J connectivity index is 1.51. The lowest BCUT2D eigenvalue weighted by Crippen LogP contribution is -2.26. The molecule has 0 spiro atoms. The van der Waals surface area contributed by atoms with Crippen LogP contribution in [-0.4, -0.2) is 38.3 Å². The molecule has 2 N–H and O–H groups in total. The molecule has 2 aromatic carbocycles. The summed E-state index contributed by atoms with van der Waals surface area (Å²) in [5, 5.41) is 26.6. The molecule has 1 fully saturated rings. The number of aromatic hydroxyl groups is 1. The molecule has 2 aromatic heterocycles. The highest BCUT2D eigenvalue weighted by atomic mass is 32.2. The van der Waals surface area contributed by atoms with Gasteiger partial charge in [-0.15, -0.1) is 16.9 Å². The molecule has 4 aromatic rings. The number of imidazole rings is 1. The van der Waals surface area contributed by atoms with E-state index in [1.165, 1.54) is 6.07 Å². The van der Waals surface area contributed by atoms with Crippen LogP contribution in [0.3, 0.4) is 0 Å². The van der Waals surface area contributed by atoms with Crippen molar-refractivity contribution in [2.45, 2.75) is 30.3 Å². The Hall–Kier alpha value is -4.10. The first-order chi connectivity index (χ1) is 17.6. The smallest absolute Gasteiger partial charge is 0.182 e. The van der Waals surface area contributed by atoms with E-state index in [4.69, 9.17) is 5.10 Å². The zero-order valence-corrected chi connectivity index (χ0v) is 20.4. The van der Waals surface area contributed by atoms with E-state index in [1.807, 2.05) is 36.7 Å². The number of nitrogens with zero attached hydrogens (tertiary/aromatic N) is 6. The average Bonchev–Trinajstić information content (AvgIpc) is 3.54. The fourth-order valence-electron chi connectivity index (χ4n) is 4.57. The van der Waals surface area contributed by atoms with Gasteiger partial charge in [0, 0.05) is 11.4 Å². The van der Waals surface area contributed by atoms with Gasteiger partial charge in [-0.1, -0.05) is 12.1 Å². The number of nitrogens with one attached hydrogen (secondary N) is 1. The first kappa shape index (κ1) is 23.6. The van der Waals surface area contributed by atoms with Crippen molar-refractivity contribution in [1.82, 2.24) is 19.9 Å². The summed E-state index contributed by atoms with van der Waals surface area (Å²) in [6.45, 7) is 1.06. The van der Waals surface area contributed by atoms with E-state index in [9.17, 15) is 14.8 Å². The maximum atomic E-state index is 14.1. The van der Waals surface area contributed by atoms with Crippen LogP contribution in [0.5, 0.6) is 5.75 Å². The van der Waals surface area contributed by atoms with Gasteiger partial charge < -0.3 is 10.0 Å². The molecule has 0 aliphatic carbocycles. The second kappa shape index (κ2) is 10.3. The van der Waals surface area contributed by atoms with Gasteiger partial charge in [-0.05, 0) is 72.7 Å². The van der Waals surface area contributed by atoms with Crippen LogP contribution in [0.4, 0.5) is 10.2 Å². The highest BCUT2D eigenvalue weighted by Crippen LogP contribution is 2.39. The maximum Gasteiger partial charge on any atom is 0.182 e. The van der Waals surface area contributed by atoms with E-state index >= 15 is 0 Å². The highest BCUT2D eigenvalue weighted by molar-refractivity contribution is 7.98. The Morgan fingerprint density at radius 2 is 2.17 bits per heavy atom. The van der Waals surface area contributed by atoms with Gasteiger partial charge in [0.25, 0.3) is 0 Å². The number of aromatic nitrogens is 3. The summed E-state index contributed by atoms with van der Waals surface area (Å²) < 4.78 is 15.8. The minimum Gasteiger partial charge on any atom is -0.508 e. The molecule has 1 saturated heterocycles. The van der Waals surface area contributed by atoms with Crippen LogP contribution in [0.1, 0.15) is 35.7 Å². The number of hydrogen-bond acceptors (Lipinski definition) is 7. The van der Waals surface area contributed by atoms with Gasteiger partial charge in [0.1, 0.15) is 23.1 Å². The minimum atomic E-state index is -0.245. The third-order valence-electron chi connectivity index (χ3n) is 6.19. The van der Waals surface area contributed by atoms with Crippen molar-refractivity contribution in [3.63, 3.8) is 0 Å². The molecular formula is C26H24FN7OS. The number of fused-ring (bicyclic) bond motifs is 1. The second-order valence-corrected chi connectivity index (χ2v) is 9.26. The van der Waals surface area contributed by atoms with Crippen molar-refractivity contribution in [2.24, 2.45) is 4.99 Å². The summed E-state index contributed by atoms with van der Waals surface area (Å²) in [5.74, 6) is 0.974. The van der Waals surface area contributed by atoms with Crippen LogP contribution in [0, 0.1) is 17.3 Å². The number of thioether (sulfide) groups is 1. The molecule has 10 heteroatoms. The molecule has 3 heterocycles. The number of rotatable bonds is 6. The van der Waals surface area contributed by atoms with Gasteiger partial charge in [0.2, 0.25) is 0 Å². The summed E-state index contributed by atoms with van der Waals surface area (Å²) in [4.78, 5) is 12.2. The topological polar surface area (TPSA) is 102 Å². The Morgan fingerprint density at radius 1 is 1.28 bits per heavy atom. The van der Waals surface area contributed by atoms with E-state index in [2.05, 4.69) is 20.2 Å². The first-order valence-corrected chi connectivity index (χ1v) is 12.7. The number of phenols is 1. The van der Waals surface area contributed by atoms with Crippen LogP contribution in [0.25, 0.3) is 5.65 Å². The van der Waals surface area contributed by atoms with Crippen LogP contribution in [0.2, 0.25) is 0 Å². The van der Waals surface area contributed by atoms with Crippen molar-refractivity contribution >= 4 is 29.1 Å². The van der Waals surface area contributed by atoms with Crippen LogP contribution in [-0.2, 0) is 6.54 Å². The summed E-state index contributed by atoms with van der Waals surface area (Å²) in [6, 6.07) is 15.6. The Bertz CT molecular complexity index is 1480. The molecule has 1 atom stereocenters. The second-order valence-electron chi connectivity index (χ2n) is 8.41. The zero-order chi connectivity index (χ0) is 25.1. The average molecular weight is 502 g/mol. The molecule has 182 valence electrons. The molecule has 0 radical (unpaired) electrons. The largest absolute Gasteiger partial charge is 0.508 e. The lowest BCUT2D eigenvalue weighted by atomic mass is 10.0. The lowest BCUT2D eigenvalue weighted by Gasteiger charge is -2.27. The SMILES string of the molecule is CSc1ccc(F)cc1C1CCCN1c1ccc2ncc(C(=NCc3cccc(O)c3)NC#N)n2n1. The number of benzene rings is 2. The standard InChI is InChI=1S/C26H24FN7OS/c1-36-23-8-7-18(27)13-20(23)21-6-3-11-33(21)25-10-9-24-29-15-22(34(24)32-25)26(31-16-28)30-14-17-4-2-5-19(35)12-17/h2,4-5,7-10,12-13,15,21,35H,3,6,11,14H2,1H3,(H,30,31). The van der Waals surface area contributed by atoms with E-state index < -0.39 is 0 Å². The van der Waals surface area contributed by atoms with E-state index in [0.717, 1.165) is 41.2 Å². The Kier molecular flexibility index (Phi) is 6.73. The first-order valence-electron chi connectivity index (χ1n) is 11.5. The molecule has 1 unspecified atom stereocenters. The maximum absolute atomic E-state index is 14.1. The number of aliphatic imine (C=N–C) groups is 1. The molecule has 0 bridgehead atoms. The normalized spacial score (nSPS) is 15.9. The molecule has 8 nitrogen and oxygen atoms in total. The predicted molar refractivity (Wildman–Crippen MR) is 138 cm³/mol. The molecule has 1 aliphatic heterocycles. The van der Waals surface area contributed by atoms with Crippen LogP contribution in [0.15, 0.2) is 70.7 Å². The number of phenolic OH excluding ortho intramolecular Hbond substituents is 1. The number of anilines is 1. The molecule has 5 rings (SSSR count). The van der Waals surface area contributed by atoms with Crippen molar-refractivity contribution in [2.75, 3.05) is 17.7 Å². The Labute approximate surface area is 212 Å². The third kappa shape index (κ3) is 4.70. The molecule has 36 heavy (non-hydrogen) atoms. The van der Waals surface area contributed by atoms with Crippen molar-refractivity contribution in [3.05, 3.63) is 83.4 Å². The summed E-state index contributed by atoms with van der Waals surface area (Å²) in [6.07, 6.45) is 7.43. The molecule has 0 saturated carbocycles. The number of amidine groups is 1. The van der Waals surface area contributed by atoms with E-state index in [1.54, 1.807) is 46.7 Å². The van der Waals surface area contributed by atoms with Gasteiger partial charge in [-0.3, -0.25) is 10.3 Å². The minimum absolute atomic E-state index is 0.0104. The summed E-state index contributed by atoms with van der Waals surface area (Å²) in [5.41, 5.74) is 2.92. The number of hydrogen-bond donors (Lipinski definition) is 2. The van der Waals surface area contributed by atoms with Crippen molar-refractivity contribution < 1.29 is 9.50 Å². The number of halogens is 1. The van der Waals surface area contributed by atoms with Crippen LogP contribution >= 0.6 is 11.8 Å². The zero-order valence-electron chi connectivity index (χ0n) is 19.6. The lowest BCUT2D eigenvalue weighted by molar-refractivity contribution is 0.474. The van der Waals surface area contributed by atoms with Gasteiger partial charge in [-0.25, -0.2) is 13.9 Å². The fraction of sp³-hybridized carbons (Fsp3) is 0.231. The van der Waals surface area contributed by atoms with Crippen molar-refractivity contribution in [3.8, 4) is 11.9 Å². The van der Waals surface area contributed by atoms with Gasteiger partial charge in [0.15, 0.2) is 17.7 Å². The van der Waals surface area contributed by atoms with Gasteiger partial charge in [-0.2, -0.15) is 5.26 Å². The number of nitriles is 1. The van der Waals surface area contributed by atoms with Gasteiger partial charge >= 0.3 is 0 Å². The van der Waals surface area contributed by atoms with Gasteiger partial charge in [0.05, 0.1) is 18.8 Å². The predicted octanol–water partition coefficient (Wildman–Crippen LogP) is 4.65.